The van der Waals surface area contributed by atoms with Crippen molar-refractivity contribution in [3.8, 4) is 0 Å². The minimum atomic E-state index is 0.104. The molecule has 3 heterocycles. The first kappa shape index (κ1) is 21.2. The fourth-order valence-electron chi connectivity index (χ4n) is 6.26. The van der Waals surface area contributed by atoms with Crippen LogP contribution in [0.5, 0.6) is 0 Å². The maximum Gasteiger partial charge on any atom is 0.317 e. The molecule has 3 amide bonds. The Labute approximate surface area is 189 Å². The van der Waals surface area contributed by atoms with Gasteiger partial charge < -0.3 is 15.1 Å². The number of piperidine rings is 2. The van der Waals surface area contributed by atoms with Gasteiger partial charge in [-0.2, -0.15) is 0 Å². The van der Waals surface area contributed by atoms with Crippen molar-refractivity contribution in [1.29, 1.82) is 0 Å². The van der Waals surface area contributed by atoms with Gasteiger partial charge in [0.15, 0.2) is 0 Å². The van der Waals surface area contributed by atoms with Crippen LogP contribution in [-0.2, 0) is 0 Å². The largest absolute Gasteiger partial charge is 0.335 e. The van der Waals surface area contributed by atoms with Crippen LogP contribution < -0.4 is 5.32 Å². The van der Waals surface area contributed by atoms with E-state index in [9.17, 15) is 9.59 Å². The molecule has 1 N–H and O–H groups in total. The summed E-state index contributed by atoms with van der Waals surface area (Å²) in [5.41, 5.74) is 0.646. The average Bonchev–Trinajstić information content (AvgIpc) is 3.51. The average molecular weight is 445 g/mol. The van der Waals surface area contributed by atoms with Crippen molar-refractivity contribution >= 4 is 23.3 Å². The number of carbonyl (C=O) groups excluding carboxylic acids is 2. The number of carbonyl (C=O) groups is 2. The summed E-state index contributed by atoms with van der Waals surface area (Å²) in [7, 11) is 0. The highest BCUT2D eigenvalue weighted by atomic mass is 32.1. The fraction of sp³-hybridized carbons (Fsp3) is 0.792. The topological polar surface area (TPSA) is 65.5 Å². The first-order chi connectivity index (χ1) is 15.2. The highest BCUT2D eigenvalue weighted by molar-refractivity contribution is 7.09. The van der Waals surface area contributed by atoms with E-state index in [0.717, 1.165) is 63.2 Å². The molecule has 2 atom stereocenters. The standard InChI is InChI=1S/C24H36N4O2S/c29-23(28-13-5-7-17-6-1-4-10-21(17)28)20-16-31-22(26-20)18-11-14-27(15-12-18)24(30)25-19-8-2-3-9-19/h16-19,21H,1-15H2,(H,25,30). The zero-order chi connectivity index (χ0) is 21.2. The van der Waals surface area contributed by atoms with E-state index in [2.05, 4.69) is 10.2 Å². The summed E-state index contributed by atoms with van der Waals surface area (Å²) in [5.74, 6) is 1.21. The molecule has 2 unspecified atom stereocenters. The number of urea groups is 1. The van der Waals surface area contributed by atoms with Gasteiger partial charge in [0.1, 0.15) is 5.69 Å². The second-order valence-corrected chi connectivity index (χ2v) is 10.9. The predicted molar refractivity (Wildman–Crippen MR) is 122 cm³/mol. The number of rotatable bonds is 3. The van der Waals surface area contributed by atoms with Gasteiger partial charge in [-0.1, -0.05) is 25.7 Å². The highest BCUT2D eigenvalue weighted by Gasteiger charge is 2.37. The predicted octanol–water partition coefficient (Wildman–Crippen LogP) is 4.77. The number of aromatic nitrogens is 1. The summed E-state index contributed by atoms with van der Waals surface area (Å²) >= 11 is 1.64. The lowest BCUT2D eigenvalue weighted by Crippen LogP contribution is -2.49. The molecule has 2 saturated carbocycles. The molecule has 2 aliphatic carbocycles. The van der Waals surface area contributed by atoms with E-state index in [1.54, 1.807) is 11.3 Å². The van der Waals surface area contributed by atoms with Crippen molar-refractivity contribution in [1.82, 2.24) is 20.1 Å². The number of amides is 3. The van der Waals surface area contributed by atoms with Gasteiger partial charge in [0.05, 0.1) is 5.01 Å². The SMILES string of the molecule is O=C(NC1CCCC1)N1CCC(c2nc(C(=O)N3CCCC4CCCCC43)cs2)CC1. The van der Waals surface area contributed by atoms with Crippen LogP contribution in [0.2, 0.25) is 0 Å². The normalized spacial score (nSPS) is 27.9. The molecule has 7 heteroatoms. The Bertz CT molecular complexity index is 780. The monoisotopic (exact) mass is 444 g/mol. The van der Waals surface area contributed by atoms with E-state index in [1.165, 1.54) is 38.5 Å². The Morgan fingerprint density at radius 3 is 2.42 bits per heavy atom. The number of likely N-dealkylation sites (tertiary alicyclic amines) is 2. The van der Waals surface area contributed by atoms with Gasteiger partial charge in [0, 0.05) is 43.0 Å². The van der Waals surface area contributed by atoms with Gasteiger partial charge in [-0.3, -0.25) is 4.79 Å². The second kappa shape index (κ2) is 9.47. The summed E-state index contributed by atoms with van der Waals surface area (Å²) < 4.78 is 0. The molecule has 6 nitrogen and oxygen atoms in total. The second-order valence-electron chi connectivity index (χ2n) is 10.0. The lowest BCUT2D eigenvalue weighted by Gasteiger charge is -2.43. The molecule has 0 spiro atoms. The molecule has 4 fully saturated rings. The van der Waals surface area contributed by atoms with E-state index in [-0.39, 0.29) is 11.9 Å². The Balaban J connectivity index is 1.16. The minimum Gasteiger partial charge on any atom is -0.335 e. The minimum absolute atomic E-state index is 0.104. The number of nitrogens with zero attached hydrogens (tertiary/aromatic N) is 3. The number of hydrogen-bond donors (Lipinski definition) is 1. The molecule has 0 aromatic carbocycles. The number of thiazole rings is 1. The molecule has 1 aromatic rings. The van der Waals surface area contributed by atoms with Crippen LogP contribution in [-0.4, -0.2) is 58.4 Å². The van der Waals surface area contributed by atoms with Crippen LogP contribution in [0.15, 0.2) is 5.38 Å². The first-order valence-electron chi connectivity index (χ1n) is 12.5. The van der Waals surface area contributed by atoms with E-state index < -0.39 is 0 Å². The Morgan fingerprint density at radius 1 is 0.903 bits per heavy atom. The molecular formula is C24H36N4O2S. The van der Waals surface area contributed by atoms with E-state index in [1.807, 2.05) is 10.3 Å². The van der Waals surface area contributed by atoms with E-state index >= 15 is 0 Å². The van der Waals surface area contributed by atoms with Gasteiger partial charge in [0.2, 0.25) is 0 Å². The van der Waals surface area contributed by atoms with Crippen molar-refractivity contribution in [2.75, 3.05) is 19.6 Å². The third kappa shape index (κ3) is 4.62. The van der Waals surface area contributed by atoms with Gasteiger partial charge in [-0.05, 0) is 57.3 Å². The third-order valence-electron chi connectivity index (χ3n) is 8.06. The third-order valence-corrected chi connectivity index (χ3v) is 9.07. The fourth-order valence-corrected chi connectivity index (χ4v) is 7.23. The molecule has 0 bridgehead atoms. The molecular weight excluding hydrogens is 408 g/mol. The first-order valence-corrected chi connectivity index (χ1v) is 13.4. The molecule has 1 aromatic heterocycles. The summed E-state index contributed by atoms with van der Waals surface area (Å²) in [6, 6.07) is 0.908. The van der Waals surface area contributed by atoms with Crippen molar-refractivity contribution < 1.29 is 9.59 Å². The summed E-state index contributed by atoms with van der Waals surface area (Å²) in [6.45, 7) is 2.45. The van der Waals surface area contributed by atoms with Gasteiger partial charge >= 0.3 is 6.03 Å². The quantitative estimate of drug-likeness (QED) is 0.730. The van der Waals surface area contributed by atoms with Crippen LogP contribution in [0.3, 0.4) is 0 Å². The smallest absolute Gasteiger partial charge is 0.317 e. The van der Waals surface area contributed by atoms with Crippen molar-refractivity contribution in [3.05, 3.63) is 16.1 Å². The molecule has 5 rings (SSSR count). The Hall–Kier alpha value is -1.63. The molecule has 170 valence electrons. The lowest BCUT2D eigenvalue weighted by atomic mass is 9.78. The molecule has 4 aliphatic rings. The highest BCUT2D eigenvalue weighted by Crippen LogP contribution is 2.37. The zero-order valence-electron chi connectivity index (χ0n) is 18.6. The summed E-state index contributed by atoms with van der Waals surface area (Å²) in [6.07, 6.45) is 14.0. The van der Waals surface area contributed by atoms with Crippen LogP contribution in [0.4, 0.5) is 4.79 Å². The summed E-state index contributed by atoms with van der Waals surface area (Å²) in [4.78, 5) is 34.7. The number of fused-ring (bicyclic) bond motifs is 1. The lowest BCUT2D eigenvalue weighted by molar-refractivity contribution is 0.0386. The van der Waals surface area contributed by atoms with E-state index in [0.29, 0.717) is 29.6 Å². The molecule has 0 radical (unpaired) electrons. The Morgan fingerprint density at radius 2 is 1.61 bits per heavy atom. The van der Waals surface area contributed by atoms with Crippen molar-refractivity contribution in [2.45, 2.75) is 95.1 Å². The number of hydrogen-bond acceptors (Lipinski definition) is 4. The Kier molecular flexibility index (Phi) is 6.49. The van der Waals surface area contributed by atoms with Crippen LogP contribution in [0, 0.1) is 5.92 Å². The molecule has 31 heavy (non-hydrogen) atoms. The van der Waals surface area contributed by atoms with Crippen molar-refractivity contribution in [3.63, 3.8) is 0 Å². The summed E-state index contributed by atoms with van der Waals surface area (Å²) in [5, 5.41) is 6.26. The van der Waals surface area contributed by atoms with Crippen molar-refractivity contribution in [2.24, 2.45) is 5.92 Å². The zero-order valence-corrected chi connectivity index (χ0v) is 19.4. The number of nitrogens with one attached hydrogen (secondary N) is 1. The van der Waals surface area contributed by atoms with Gasteiger partial charge in [-0.25, -0.2) is 9.78 Å². The van der Waals surface area contributed by atoms with Crippen LogP contribution >= 0.6 is 11.3 Å². The van der Waals surface area contributed by atoms with Crippen LogP contribution in [0.1, 0.15) is 98.5 Å². The maximum atomic E-state index is 13.3. The molecule has 2 aliphatic heterocycles. The maximum absolute atomic E-state index is 13.3. The van der Waals surface area contributed by atoms with Gasteiger partial charge in [0.25, 0.3) is 5.91 Å². The van der Waals surface area contributed by atoms with E-state index in [4.69, 9.17) is 4.98 Å². The molecule has 2 saturated heterocycles. The van der Waals surface area contributed by atoms with Crippen LogP contribution in [0.25, 0.3) is 0 Å². The van der Waals surface area contributed by atoms with Gasteiger partial charge in [-0.15, -0.1) is 11.3 Å².